The zero-order chi connectivity index (χ0) is 25.8. The van der Waals surface area contributed by atoms with Crippen molar-refractivity contribution in [3.05, 3.63) is 141 Å². The van der Waals surface area contributed by atoms with Crippen molar-refractivity contribution < 1.29 is 14.3 Å². The summed E-state index contributed by atoms with van der Waals surface area (Å²) in [6.45, 7) is 0. The van der Waals surface area contributed by atoms with Gasteiger partial charge in [0, 0.05) is 29.9 Å². The van der Waals surface area contributed by atoms with E-state index in [0.717, 1.165) is 5.56 Å². The second-order valence-electron chi connectivity index (χ2n) is 8.98. The lowest BCUT2D eigenvalue weighted by Crippen LogP contribution is -2.43. The summed E-state index contributed by atoms with van der Waals surface area (Å²) in [6.07, 6.45) is 0.269. The molecule has 0 fully saturated rings. The van der Waals surface area contributed by atoms with Crippen LogP contribution in [0.2, 0.25) is 10.0 Å². The van der Waals surface area contributed by atoms with Gasteiger partial charge in [0.15, 0.2) is 11.3 Å². The minimum atomic E-state index is -1.39. The summed E-state index contributed by atoms with van der Waals surface area (Å²) >= 11 is 12.6. The number of hydrogen-bond donors (Lipinski definition) is 0. The van der Waals surface area contributed by atoms with Gasteiger partial charge in [-0.05, 0) is 35.4 Å². The van der Waals surface area contributed by atoms with Gasteiger partial charge in [-0.25, -0.2) is 9.79 Å². The number of rotatable bonds is 8. The van der Waals surface area contributed by atoms with Gasteiger partial charge in [-0.3, -0.25) is 4.79 Å². The number of ketones is 1. The molecule has 0 amide bonds. The molecule has 6 heteroatoms. The predicted molar refractivity (Wildman–Crippen MR) is 147 cm³/mol. The summed E-state index contributed by atoms with van der Waals surface area (Å²) in [5, 5.41) is 0.725. The molecule has 0 aromatic heterocycles. The first-order chi connectivity index (χ1) is 18.0. The van der Waals surface area contributed by atoms with E-state index in [0.29, 0.717) is 26.7 Å². The molecule has 4 nitrogen and oxygen atoms in total. The van der Waals surface area contributed by atoms with Crippen LogP contribution in [0.3, 0.4) is 0 Å². The van der Waals surface area contributed by atoms with Gasteiger partial charge in [-0.2, -0.15) is 0 Å². The van der Waals surface area contributed by atoms with Crippen LogP contribution in [-0.4, -0.2) is 23.2 Å². The fourth-order valence-electron chi connectivity index (χ4n) is 4.71. The lowest BCUT2D eigenvalue weighted by molar-refractivity contribution is -0.139. The predicted octanol–water partition coefficient (Wildman–Crippen LogP) is 7.34. The minimum Gasteiger partial charge on any atom is -0.405 e. The fraction of sp³-hybridized carbons (Fsp3) is 0.129. The molecule has 0 aliphatic carbocycles. The van der Waals surface area contributed by atoms with Crippen LogP contribution >= 0.6 is 23.2 Å². The molecule has 37 heavy (non-hydrogen) atoms. The summed E-state index contributed by atoms with van der Waals surface area (Å²) in [5.41, 5.74) is 1.43. The molecule has 1 aliphatic rings. The molecule has 184 valence electrons. The maximum Gasteiger partial charge on any atom is 0.341 e. The molecule has 4 aromatic carbocycles. The van der Waals surface area contributed by atoms with E-state index in [9.17, 15) is 9.59 Å². The Bertz CT molecular complexity index is 1460. The summed E-state index contributed by atoms with van der Waals surface area (Å²) in [4.78, 5) is 32.4. The number of aliphatic imine (C=N–C) groups is 1. The summed E-state index contributed by atoms with van der Waals surface area (Å²) in [6, 6.07) is 33.1. The van der Waals surface area contributed by atoms with E-state index in [1.54, 1.807) is 30.3 Å². The first-order valence-corrected chi connectivity index (χ1v) is 12.7. The van der Waals surface area contributed by atoms with Crippen molar-refractivity contribution in [1.29, 1.82) is 0 Å². The van der Waals surface area contributed by atoms with E-state index >= 15 is 0 Å². The molecule has 5 rings (SSSR count). The third kappa shape index (κ3) is 5.22. The zero-order valence-corrected chi connectivity index (χ0v) is 21.3. The summed E-state index contributed by atoms with van der Waals surface area (Å²) in [7, 11) is 0. The largest absolute Gasteiger partial charge is 0.405 e. The van der Waals surface area contributed by atoms with Crippen molar-refractivity contribution in [2.24, 2.45) is 4.99 Å². The molecule has 2 atom stereocenters. The Hall–Kier alpha value is -3.73. The summed E-state index contributed by atoms with van der Waals surface area (Å²) in [5.74, 6) is -1.05. The Morgan fingerprint density at radius 2 is 1.43 bits per heavy atom. The standard InChI is InChI=1S/C31H23Cl2NO3/c32-26-17-16-24(18-27(26)33)25(19-28(35)22-12-6-2-7-13-22)31(20-21-10-4-1-5-11-21)30(36)37-29(34-31)23-14-8-3-9-15-23/h1-18,25H,19-20H2/t25-,31-/m1/s1. The number of esters is 1. The molecule has 4 aromatic rings. The number of ether oxygens (including phenoxy) is 1. The van der Waals surface area contributed by atoms with E-state index < -0.39 is 17.4 Å². The molecule has 1 aliphatic heterocycles. The molecule has 1 heterocycles. The lowest BCUT2D eigenvalue weighted by atomic mass is 9.73. The molecule has 0 radical (unpaired) electrons. The van der Waals surface area contributed by atoms with E-state index in [1.165, 1.54) is 0 Å². The van der Waals surface area contributed by atoms with Crippen LogP contribution < -0.4 is 0 Å². The number of hydrogen-bond acceptors (Lipinski definition) is 4. The topological polar surface area (TPSA) is 55.7 Å². The van der Waals surface area contributed by atoms with Gasteiger partial charge < -0.3 is 4.74 Å². The van der Waals surface area contributed by atoms with E-state index in [1.807, 2.05) is 78.9 Å². The highest BCUT2D eigenvalue weighted by Crippen LogP contribution is 2.44. The summed E-state index contributed by atoms with van der Waals surface area (Å²) < 4.78 is 5.82. The van der Waals surface area contributed by atoms with Gasteiger partial charge in [0.25, 0.3) is 0 Å². The maximum absolute atomic E-state index is 13.9. The van der Waals surface area contributed by atoms with E-state index in [-0.39, 0.29) is 24.5 Å². The Morgan fingerprint density at radius 1 is 0.811 bits per heavy atom. The third-order valence-electron chi connectivity index (χ3n) is 6.59. The van der Waals surface area contributed by atoms with Crippen molar-refractivity contribution in [3.63, 3.8) is 0 Å². The van der Waals surface area contributed by atoms with Gasteiger partial charge in [0.1, 0.15) is 0 Å². The van der Waals surface area contributed by atoms with Crippen LogP contribution in [0.4, 0.5) is 0 Å². The molecular weight excluding hydrogens is 505 g/mol. The van der Waals surface area contributed by atoms with Crippen molar-refractivity contribution in [2.75, 3.05) is 0 Å². The number of carbonyl (C=O) groups excluding carboxylic acids is 2. The van der Waals surface area contributed by atoms with Crippen molar-refractivity contribution in [3.8, 4) is 0 Å². The van der Waals surface area contributed by atoms with Crippen molar-refractivity contribution in [2.45, 2.75) is 24.3 Å². The van der Waals surface area contributed by atoms with Gasteiger partial charge in [-0.1, -0.05) is 108 Å². The third-order valence-corrected chi connectivity index (χ3v) is 7.33. The molecule has 0 N–H and O–H groups in total. The SMILES string of the molecule is O=C(C[C@H](c1ccc(Cl)c(Cl)c1)[C@@]1(Cc2ccccc2)N=C(c2ccccc2)OC1=O)c1ccccc1. The quantitative estimate of drug-likeness (QED) is 0.178. The number of carbonyl (C=O) groups is 2. The average Bonchev–Trinajstić information content (AvgIpc) is 3.26. The van der Waals surface area contributed by atoms with Crippen molar-refractivity contribution in [1.82, 2.24) is 0 Å². The first-order valence-electron chi connectivity index (χ1n) is 11.9. The lowest BCUT2D eigenvalue weighted by Gasteiger charge is -2.32. The second kappa shape index (κ2) is 10.7. The number of Topliss-reactive ketones (excluding diaryl/α,β-unsaturated/α-hetero) is 1. The number of halogens is 2. The van der Waals surface area contributed by atoms with Crippen LogP contribution in [0.15, 0.2) is 114 Å². The maximum atomic E-state index is 13.9. The van der Waals surface area contributed by atoms with Gasteiger partial charge in [0.2, 0.25) is 5.90 Å². The Morgan fingerprint density at radius 3 is 2.08 bits per heavy atom. The smallest absolute Gasteiger partial charge is 0.341 e. The molecule has 0 bridgehead atoms. The number of cyclic esters (lactones) is 1. The first kappa shape index (κ1) is 24.9. The van der Waals surface area contributed by atoms with Gasteiger partial charge in [0.05, 0.1) is 10.0 Å². The number of nitrogens with zero attached hydrogens (tertiary/aromatic N) is 1. The van der Waals surface area contributed by atoms with E-state index in [4.69, 9.17) is 32.9 Å². The molecule has 0 spiro atoms. The molecule has 0 unspecified atom stereocenters. The van der Waals surface area contributed by atoms with Crippen molar-refractivity contribution >= 4 is 40.9 Å². The Balaban J connectivity index is 1.68. The minimum absolute atomic E-state index is 0.0233. The van der Waals surface area contributed by atoms with Gasteiger partial charge >= 0.3 is 5.97 Å². The Kier molecular flexibility index (Phi) is 7.22. The van der Waals surface area contributed by atoms with Crippen LogP contribution in [0, 0.1) is 0 Å². The monoisotopic (exact) mass is 527 g/mol. The van der Waals surface area contributed by atoms with E-state index in [2.05, 4.69) is 0 Å². The number of benzene rings is 4. The molecule has 0 saturated carbocycles. The second-order valence-corrected chi connectivity index (χ2v) is 9.79. The highest BCUT2D eigenvalue weighted by Gasteiger charge is 2.53. The average molecular weight is 528 g/mol. The van der Waals surface area contributed by atoms with Crippen LogP contribution in [0.1, 0.15) is 39.4 Å². The molecule has 0 saturated heterocycles. The Labute approximate surface area is 225 Å². The normalized spacial score (nSPS) is 17.7. The van der Waals surface area contributed by atoms with Gasteiger partial charge in [-0.15, -0.1) is 0 Å². The highest BCUT2D eigenvalue weighted by atomic mass is 35.5. The van der Waals surface area contributed by atoms with Crippen LogP contribution in [0.5, 0.6) is 0 Å². The van der Waals surface area contributed by atoms with Crippen LogP contribution in [0.25, 0.3) is 0 Å². The molecular formula is C31H23Cl2NO3. The fourth-order valence-corrected chi connectivity index (χ4v) is 5.02. The van der Waals surface area contributed by atoms with Crippen LogP contribution in [-0.2, 0) is 16.0 Å². The zero-order valence-electron chi connectivity index (χ0n) is 19.8. The highest BCUT2D eigenvalue weighted by molar-refractivity contribution is 6.42.